The number of carbonyl (C=O) groups is 2. The Hall–Kier alpha value is -1.04. The number of carbonyl (C=O) groups excluding carboxylic acids is 2. The molecule has 0 radical (unpaired) electrons. The third-order valence-corrected chi connectivity index (χ3v) is 2.82. The van der Waals surface area contributed by atoms with E-state index in [0.29, 0.717) is 26.3 Å². The Bertz CT molecular complexity index is 302. The van der Waals surface area contributed by atoms with E-state index >= 15 is 0 Å². The monoisotopic (exact) mass is 249 g/mol. The topological polar surface area (TPSA) is 55.4 Å². The Morgan fingerprint density at radius 1 is 1.65 bits per heavy atom. The lowest BCUT2D eigenvalue weighted by Gasteiger charge is -2.15. The standard InChI is InChI=1S/C11H17F2NO3/c1-7(5-8-3-4-14-10(8)16)9(15)6-17-11(2,12)13/h7-8H,3-6H2,1-2H3,(H,14,16)/t7-,8-/m0/s1. The zero-order valence-corrected chi connectivity index (χ0v) is 9.96. The Labute approximate surface area is 98.7 Å². The minimum atomic E-state index is -3.29. The summed E-state index contributed by atoms with van der Waals surface area (Å²) in [5.41, 5.74) is 0. The van der Waals surface area contributed by atoms with Crippen molar-refractivity contribution in [3.05, 3.63) is 0 Å². The molecule has 1 aliphatic rings. The molecule has 1 fully saturated rings. The molecular weight excluding hydrogens is 232 g/mol. The molecular formula is C11H17F2NO3. The molecule has 98 valence electrons. The highest BCUT2D eigenvalue weighted by Gasteiger charge is 2.29. The summed E-state index contributed by atoms with van der Waals surface area (Å²) in [6.07, 6.45) is -2.20. The molecule has 0 aromatic heterocycles. The van der Waals surface area contributed by atoms with Gasteiger partial charge in [0.1, 0.15) is 6.61 Å². The van der Waals surface area contributed by atoms with Gasteiger partial charge in [-0.15, -0.1) is 0 Å². The highest BCUT2D eigenvalue weighted by Crippen LogP contribution is 2.21. The first-order chi connectivity index (χ1) is 7.79. The van der Waals surface area contributed by atoms with Gasteiger partial charge in [-0.25, -0.2) is 0 Å². The van der Waals surface area contributed by atoms with Crippen LogP contribution in [0.5, 0.6) is 0 Å². The summed E-state index contributed by atoms with van der Waals surface area (Å²) in [5.74, 6) is -1.08. The maximum atomic E-state index is 12.4. The zero-order chi connectivity index (χ0) is 13.1. The summed E-state index contributed by atoms with van der Waals surface area (Å²) in [6.45, 7) is 2.23. The van der Waals surface area contributed by atoms with Crippen LogP contribution in [0.4, 0.5) is 8.78 Å². The summed E-state index contributed by atoms with van der Waals surface area (Å²) >= 11 is 0. The number of rotatable bonds is 6. The van der Waals surface area contributed by atoms with Crippen LogP contribution in [0.1, 0.15) is 26.7 Å². The van der Waals surface area contributed by atoms with Crippen LogP contribution in [-0.2, 0) is 14.3 Å². The molecule has 0 unspecified atom stereocenters. The molecule has 0 spiro atoms. The molecule has 1 rings (SSSR count). The van der Waals surface area contributed by atoms with Gasteiger partial charge < -0.3 is 10.1 Å². The fraction of sp³-hybridized carbons (Fsp3) is 0.818. The Balaban J connectivity index is 2.34. The van der Waals surface area contributed by atoms with E-state index in [0.717, 1.165) is 0 Å². The van der Waals surface area contributed by atoms with E-state index in [4.69, 9.17) is 0 Å². The number of nitrogens with one attached hydrogen (secondary N) is 1. The lowest BCUT2D eigenvalue weighted by molar-refractivity contribution is -0.223. The van der Waals surface area contributed by atoms with Crippen LogP contribution in [0.15, 0.2) is 0 Å². The van der Waals surface area contributed by atoms with Gasteiger partial charge in [0.15, 0.2) is 5.78 Å². The Morgan fingerprint density at radius 2 is 2.29 bits per heavy atom. The van der Waals surface area contributed by atoms with Gasteiger partial charge in [-0.1, -0.05) is 6.92 Å². The molecule has 2 atom stereocenters. The van der Waals surface area contributed by atoms with Gasteiger partial charge >= 0.3 is 6.11 Å². The van der Waals surface area contributed by atoms with Crippen molar-refractivity contribution in [2.24, 2.45) is 11.8 Å². The Morgan fingerprint density at radius 3 is 2.76 bits per heavy atom. The number of amides is 1. The molecule has 0 aromatic rings. The molecule has 4 nitrogen and oxygen atoms in total. The Kier molecular flexibility index (Phi) is 4.56. The number of hydrogen-bond acceptors (Lipinski definition) is 3. The highest BCUT2D eigenvalue weighted by molar-refractivity contribution is 5.84. The van der Waals surface area contributed by atoms with E-state index in [1.165, 1.54) is 0 Å². The second-order valence-electron chi connectivity index (χ2n) is 4.48. The van der Waals surface area contributed by atoms with Gasteiger partial charge in [0.25, 0.3) is 0 Å². The molecule has 1 N–H and O–H groups in total. The van der Waals surface area contributed by atoms with Gasteiger partial charge in [-0.3, -0.25) is 9.59 Å². The van der Waals surface area contributed by atoms with Gasteiger partial charge in [-0.05, 0) is 12.8 Å². The van der Waals surface area contributed by atoms with Crippen LogP contribution < -0.4 is 5.32 Å². The number of hydrogen-bond donors (Lipinski definition) is 1. The van der Waals surface area contributed by atoms with Crippen LogP contribution >= 0.6 is 0 Å². The first kappa shape index (κ1) is 14.0. The second-order valence-corrected chi connectivity index (χ2v) is 4.48. The van der Waals surface area contributed by atoms with E-state index in [-0.39, 0.29) is 11.8 Å². The van der Waals surface area contributed by atoms with Gasteiger partial charge in [0.05, 0.1) is 0 Å². The molecule has 6 heteroatoms. The van der Waals surface area contributed by atoms with Gasteiger partial charge in [0.2, 0.25) is 5.91 Å². The van der Waals surface area contributed by atoms with Crippen molar-refractivity contribution >= 4 is 11.7 Å². The van der Waals surface area contributed by atoms with Crippen molar-refractivity contribution in [2.75, 3.05) is 13.2 Å². The molecule has 1 amide bonds. The predicted molar refractivity (Wildman–Crippen MR) is 56.5 cm³/mol. The predicted octanol–water partition coefficient (Wildman–Crippen LogP) is 1.35. The maximum absolute atomic E-state index is 12.4. The van der Waals surface area contributed by atoms with Crippen molar-refractivity contribution in [1.82, 2.24) is 5.32 Å². The van der Waals surface area contributed by atoms with Crippen molar-refractivity contribution in [2.45, 2.75) is 32.8 Å². The van der Waals surface area contributed by atoms with Crippen molar-refractivity contribution in [1.29, 1.82) is 0 Å². The number of Topliss-reactive ketones (excluding diaryl/α,β-unsaturated/α-hetero) is 1. The quantitative estimate of drug-likeness (QED) is 0.773. The van der Waals surface area contributed by atoms with Crippen LogP contribution in [0, 0.1) is 11.8 Å². The van der Waals surface area contributed by atoms with E-state index in [2.05, 4.69) is 10.1 Å². The molecule has 0 aromatic carbocycles. The smallest absolute Gasteiger partial charge is 0.353 e. The third-order valence-electron chi connectivity index (χ3n) is 2.82. The number of ketones is 1. The third kappa shape index (κ3) is 4.77. The molecule has 1 heterocycles. The highest BCUT2D eigenvalue weighted by atomic mass is 19.3. The summed E-state index contributed by atoms with van der Waals surface area (Å²) in [5, 5.41) is 2.67. The molecule has 0 bridgehead atoms. The first-order valence-corrected chi connectivity index (χ1v) is 5.62. The van der Waals surface area contributed by atoms with E-state index in [9.17, 15) is 18.4 Å². The molecule has 0 aliphatic carbocycles. The average molecular weight is 249 g/mol. The number of ether oxygens (including phenoxy) is 1. The molecule has 17 heavy (non-hydrogen) atoms. The number of halogens is 2. The summed E-state index contributed by atoms with van der Waals surface area (Å²) < 4.78 is 28.9. The van der Waals surface area contributed by atoms with Crippen molar-refractivity contribution in [3.8, 4) is 0 Å². The fourth-order valence-electron chi connectivity index (χ4n) is 1.77. The van der Waals surface area contributed by atoms with Gasteiger partial charge in [-0.2, -0.15) is 8.78 Å². The SMILES string of the molecule is C[C@@H](C[C@@H]1CCNC1=O)C(=O)COC(C)(F)F. The zero-order valence-electron chi connectivity index (χ0n) is 9.96. The molecule has 1 aliphatic heterocycles. The number of alkyl halides is 2. The van der Waals surface area contributed by atoms with Crippen LogP contribution in [0.3, 0.4) is 0 Å². The van der Waals surface area contributed by atoms with Crippen LogP contribution in [0.25, 0.3) is 0 Å². The molecule has 0 saturated carbocycles. The van der Waals surface area contributed by atoms with Crippen molar-refractivity contribution < 1.29 is 23.1 Å². The van der Waals surface area contributed by atoms with E-state index < -0.39 is 24.4 Å². The van der Waals surface area contributed by atoms with Crippen LogP contribution in [0.2, 0.25) is 0 Å². The average Bonchev–Trinajstić information content (AvgIpc) is 2.59. The lowest BCUT2D eigenvalue weighted by atomic mass is 9.92. The summed E-state index contributed by atoms with van der Waals surface area (Å²) in [6, 6.07) is 0. The minimum Gasteiger partial charge on any atom is -0.356 e. The summed E-state index contributed by atoms with van der Waals surface area (Å²) in [4.78, 5) is 22.8. The minimum absolute atomic E-state index is 0.0635. The molecule has 1 saturated heterocycles. The maximum Gasteiger partial charge on any atom is 0.353 e. The fourth-order valence-corrected chi connectivity index (χ4v) is 1.77. The second kappa shape index (κ2) is 5.53. The lowest BCUT2D eigenvalue weighted by Crippen LogP contribution is -2.27. The largest absolute Gasteiger partial charge is 0.356 e. The van der Waals surface area contributed by atoms with E-state index in [1.54, 1.807) is 6.92 Å². The van der Waals surface area contributed by atoms with Gasteiger partial charge in [0, 0.05) is 25.3 Å². The normalized spacial score (nSPS) is 22.4. The van der Waals surface area contributed by atoms with Crippen molar-refractivity contribution in [3.63, 3.8) is 0 Å². The van der Waals surface area contributed by atoms with E-state index in [1.807, 2.05) is 0 Å². The van der Waals surface area contributed by atoms with Crippen LogP contribution in [-0.4, -0.2) is 31.0 Å². The first-order valence-electron chi connectivity index (χ1n) is 5.62. The summed E-state index contributed by atoms with van der Waals surface area (Å²) in [7, 11) is 0.